The third kappa shape index (κ3) is 1.87. The maximum absolute atomic E-state index is 11.5. The van der Waals surface area contributed by atoms with Gasteiger partial charge in [-0.15, -0.1) is 0 Å². The van der Waals surface area contributed by atoms with Crippen molar-refractivity contribution in [3.63, 3.8) is 0 Å². The number of allylic oxidation sites excluding steroid dienone is 1. The first-order chi connectivity index (χ1) is 7.61. The molecule has 0 radical (unpaired) electrons. The Kier molecular flexibility index (Phi) is 2.82. The van der Waals surface area contributed by atoms with Crippen LogP contribution in [0.1, 0.15) is 35.3 Å². The lowest BCUT2D eigenvalue weighted by atomic mass is 10.0. The monoisotopic (exact) mass is 215 g/mol. The summed E-state index contributed by atoms with van der Waals surface area (Å²) in [6.45, 7) is 4.41. The van der Waals surface area contributed by atoms with Crippen molar-refractivity contribution in [1.29, 1.82) is 0 Å². The summed E-state index contributed by atoms with van der Waals surface area (Å²) in [7, 11) is 1.66. The van der Waals surface area contributed by atoms with Crippen LogP contribution >= 0.6 is 0 Å². The molecule has 0 aliphatic heterocycles. The standard InChI is InChI=1S/C14H17NO/c1-9(2)12-6-10-4-5-11(14(16)15-3)7-13(10)8-12/h4-7,9H,8H2,1-3H3,(H,15,16). The van der Waals surface area contributed by atoms with E-state index >= 15 is 0 Å². The fourth-order valence-electron chi connectivity index (χ4n) is 2.03. The Morgan fingerprint density at radius 1 is 1.38 bits per heavy atom. The number of amides is 1. The zero-order valence-electron chi connectivity index (χ0n) is 10.0. The first-order valence-corrected chi connectivity index (χ1v) is 5.67. The third-order valence-electron chi connectivity index (χ3n) is 3.11. The van der Waals surface area contributed by atoms with E-state index in [2.05, 4.69) is 25.2 Å². The molecule has 1 N–H and O–H groups in total. The number of hydrogen-bond donors (Lipinski definition) is 1. The van der Waals surface area contributed by atoms with Gasteiger partial charge in [0.15, 0.2) is 0 Å². The molecule has 0 bridgehead atoms. The van der Waals surface area contributed by atoms with Crippen LogP contribution in [0.25, 0.3) is 6.08 Å². The van der Waals surface area contributed by atoms with Gasteiger partial charge in [-0.1, -0.05) is 31.6 Å². The number of hydrogen-bond acceptors (Lipinski definition) is 1. The zero-order valence-corrected chi connectivity index (χ0v) is 10.0. The molecule has 84 valence electrons. The van der Waals surface area contributed by atoms with Gasteiger partial charge in [0.05, 0.1) is 0 Å². The highest BCUT2D eigenvalue weighted by Gasteiger charge is 2.16. The van der Waals surface area contributed by atoms with Gasteiger partial charge in [0.1, 0.15) is 0 Å². The predicted molar refractivity (Wildman–Crippen MR) is 66.4 cm³/mol. The van der Waals surface area contributed by atoms with E-state index < -0.39 is 0 Å². The lowest BCUT2D eigenvalue weighted by Gasteiger charge is -2.05. The van der Waals surface area contributed by atoms with Crippen molar-refractivity contribution in [2.24, 2.45) is 5.92 Å². The molecule has 2 heteroatoms. The van der Waals surface area contributed by atoms with E-state index in [0.717, 1.165) is 12.0 Å². The van der Waals surface area contributed by atoms with Crippen molar-refractivity contribution >= 4 is 12.0 Å². The minimum absolute atomic E-state index is 0.0132. The summed E-state index contributed by atoms with van der Waals surface area (Å²) < 4.78 is 0. The van der Waals surface area contributed by atoms with E-state index in [1.807, 2.05) is 18.2 Å². The van der Waals surface area contributed by atoms with Gasteiger partial charge in [-0.3, -0.25) is 4.79 Å². The minimum atomic E-state index is -0.0132. The SMILES string of the molecule is CNC(=O)c1ccc2c(c1)CC(C(C)C)=C2. The van der Waals surface area contributed by atoms with Gasteiger partial charge in [-0.25, -0.2) is 0 Å². The Balaban J connectivity index is 2.30. The second-order valence-electron chi connectivity index (χ2n) is 4.54. The van der Waals surface area contributed by atoms with Gasteiger partial charge >= 0.3 is 0 Å². The largest absolute Gasteiger partial charge is 0.355 e. The molecule has 0 fully saturated rings. The molecule has 1 aliphatic carbocycles. The highest BCUT2D eigenvalue weighted by molar-refractivity contribution is 5.94. The molecule has 1 aromatic carbocycles. The van der Waals surface area contributed by atoms with Gasteiger partial charge in [0.2, 0.25) is 0 Å². The molecule has 0 saturated heterocycles. The molecule has 0 saturated carbocycles. The first-order valence-electron chi connectivity index (χ1n) is 5.67. The van der Waals surface area contributed by atoms with Crippen LogP contribution in [-0.4, -0.2) is 13.0 Å². The quantitative estimate of drug-likeness (QED) is 0.807. The summed E-state index contributed by atoms with van der Waals surface area (Å²) in [5, 5.41) is 2.65. The van der Waals surface area contributed by atoms with Crippen LogP contribution in [0.5, 0.6) is 0 Å². The zero-order chi connectivity index (χ0) is 11.7. The molecule has 0 atom stereocenters. The smallest absolute Gasteiger partial charge is 0.251 e. The molecule has 1 aromatic rings. The van der Waals surface area contributed by atoms with Crippen molar-refractivity contribution in [2.75, 3.05) is 7.05 Å². The maximum atomic E-state index is 11.5. The Labute approximate surface area is 96.4 Å². The normalized spacial score (nSPS) is 13.6. The van der Waals surface area contributed by atoms with E-state index in [1.54, 1.807) is 7.05 Å². The van der Waals surface area contributed by atoms with Crippen LogP contribution in [0.15, 0.2) is 23.8 Å². The number of nitrogens with one attached hydrogen (secondary N) is 1. The molecule has 0 unspecified atom stereocenters. The van der Waals surface area contributed by atoms with Gasteiger partial charge in [0, 0.05) is 12.6 Å². The van der Waals surface area contributed by atoms with Crippen LogP contribution in [0.4, 0.5) is 0 Å². The van der Waals surface area contributed by atoms with Gasteiger partial charge in [-0.2, -0.15) is 0 Å². The lowest BCUT2D eigenvalue weighted by Crippen LogP contribution is -2.17. The van der Waals surface area contributed by atoms with Gasteiger partial charge in [-0.05, 0) is 35.6 Å². The Morgan fingerprint density at radius 2 is 2.12 bits per heavy atom. The molecule has 16 heavy (non-hydrogen) atoms. The lowest BCUT2D eigenvalue weighted by molar-refractivity contribution is 0.0963. The second kappa shape index (κ2) is 4.12. The average Bonchev–Trinajstić information content (AvgIpc) is 2.70. The molecular weight excluding hydrogens is 198 g/mol. The molecule has 2 rings (SSSR count). The molecule has 1 aliphatic rings. The second-order valence-corrected chi connectivity index (χ2v) is 4.54. The van der Waals surface area contributed by atoms with Crippen molar-refractivity contribution in [1.82, 2.24) is 5.32 Å². The summed E-state index contributed by atoms with van der Waals surface area (Å²) in [6.07, 6.45) is 3.23. The first kappa shape index (κ1) is 10.9. The van der Waals surface area contributed by atoms with E-state index in [9.17, 15) is 4.79 Å². The highest BCUT2D eigenvalue weighted by atomic mass is 16.1. The molecular formula is C14H17NO. The van der Waals surface area contributed by atoms with Crippen LogP contribution in [-0.2, 0) is 6.42 Å². The topological polar surface area (TPSA) is 29.1 Å². The van der Waals surface area contributed by atoms with Crippen LogP contribution in [0, 0.1) is 5.92 Å². The number of fused-ring (bicyclic) bond motifs is 1. The van der Waals surface area contributed by atoms with Crippen molar-refractivity contribution in [2.45, 2.75) is 20.3 Å². The summed E-state index contributed by atoms with van der Waals surface area (Å²) in [5.41, 5.74) is 4.73. The molecule has 0 aromatic heterocycles. The Bertz CT molecular complexity index is 458. The van der Waals surface area contributed by atoms with Crippen molar-refractivity contribution in [3.8, 4) is 0 Å². The van der Waals surface area contributed by atoms with E-state index in [-0.39, 0.29) is 5.91 Å². The number of benzene rings is 1. The highest BCUT2D eigenvalue weighted by Crippen LogP contribution is 2.29. The van der Waals surface area contributed by atoms with E-state index in [0.29, 0.717) is 5.92 Å². The molecule has 1 amide bonds. The fourth-order valence-corrected chi connectivity index (χ4v) is 2.03. The summed E-state index contributed by atoms with van der Waals surface area (Å²) in [5.74, 6) is 0.566. The summed E-state index contributed by atoms with van der Waals surface area (Å²) in [6, 6.07) is 5.92. The predicted octanol–water partition coefficient (Wildman–Crippen LogP) is 2.64. The summed E-state index contributed by atoms with van der Waals surface area (Å²) in [4.78, 5) is 11.5. The Morgan fingerprint density at radius 3 is 2.75 bits per heavy atom. The molecule has 0 heterocycles. The van der Waals surface area contributed by atoms with E-state index in [1.165, 1.54) is 16.7 Å². The van der Waals surface area contributed by atoms with Gasteiger partial charge in [0.25, 0.3) is 5.91 Å². The fraction of sp³-hybridized carbons (Fsp3) is 0.357. The van der Waals surface area contributed by atoms with Crippen molar-refractivity contribution < 1.29 is 4.79 Å². The molecule has 0 spiro atoms. The van der Waals surface area contributed by atoms with Crippen LogP contribution in [0.3, 0.4) is 0 Å². The number of rotatable bonds is 2. The van der Waals surface area contributed by atoms with Crippen molar-refractivity contribution in [3.05, 3.63) is 40.5 Å². The average molecular weight is 215 g/mol. The maximum Gasteiger partial charge on any atom is 0.251 e. The van der Waals surface area contributed by atoms with E-state index in [4.69, 9.17) is 0 Å². The molecule has 2 nitrogen and oxygen atoms in total. The number of carbonyl (C=O) groups excluding carboxylic acids is 1. The Hall–Kier alpha value is -1.57. The van der Waals surface area contributed by atoms with Crippen LogP contribution < -0.4 is 5.32 Å². The number of carbonyl (C=O) groups is 1. The minimum Gasteiger partial charge on any atom is -0.355 e. The van der Waals surface area contributed by atoms with Gasteiger partial charge < -0.3 is 5.32 Å². The van der Waals surface area contributed by atoms with Crippen LogP contribution in [0.2, 0.25) is 0 Å². The third-order valence-corrected chi connectivity index (χ3v) is 3.11. The summed E-state index contributed by atoms with van der Waals surface area (Å²) >= 11 is 0.